The summed E-state index contributed by atoms with van der Waals surface area (Å²) >= 11 is 0. The topological polar surface area (TPSA) is 102 Å². The quantitative estimate of drug-likeness (QED) is 0.653. The van der Waals surface area contributed by atoms with Gasteiger partial charge >= 0.3 is 0 Å². The van der Waals surface area contributed by atoms with Crippen molar-refractivity contribution in [3.8, 4) is 11.3 Å². The SMILES string of the molecule is CC(C)c1ccc(-c2nc(N3CCN(C(=O)[C@@H]4CCCO4)CC3)nc3nn(C)c(N)c23)cc1. The number of rotatable bonds is 4. The fourth-order valence-electron chi connectivity index (χ4n) is 4.58. The molecular weight excluding hydrogens is 418 g/mol. The number of nitrogen functional groups attached to an aromatic ring is 1. The van der Waals surface area contributed by atoms with E-state index in [4.69, 9.17) is 20.4 Å². The minimum atomic E-state index is -0.277. The molecule has 2 aliphatic rings. The first kappa shape index (κ1) is 21.6. The predicted molar refractivity (Wildman–Crippen MR) is 128 cm³/mol. The van der Waals surface area contributed by atoms with Crippen molar-refractivity contribution in [3.05, 3.63) is 29.8 Å². The number of nitrogens with zero attached hydrogens (tertiary/aromatic N) is 6. The standard InChI is InChI=1S/C24H31N7O2/c1-15(2)16-6-8-17(9-7-16)20-19-21(25)29(3)28-22(19)27-24(26-20)31-12-10-30(11-13-31)23(32)18-5-4-14-33-18/h6-9,15,18H,4-5,10-14,25H2,1-3H3/t18-/m0/s1. The molecule has 2 N–H and O–H groups in total. The van der Waals surface area contributed by atoms with E-state index in [-0.39, 0.29) is 12.0 Å². The zero-order chi connectivity index (χ0) is 23.1. The highest BCUT2D eigenvalue weighted by Crippen LogP contribution is 2.33. The molecule has 9 heteroatoms. The molecule has 0 unspecified atom stereocenters. The number of hydrogen-bond donors (Lipinski definition) is 1. The van der Waals surface area contributed by atoms with Crippen molar-refractivity contribution in [1.29, 1.82) is 0 Å². The van der Waals surface area contributed by atoms with E-state index >= 15 is 0 Å². The molecule has 0 saturated carbocycles. The van der Waals surface area contributed by atoms with Gasteiger partial charge in [-0.3, -0.25) is 9.48 Å². The Hall–Kier alpha value is -3.20. The summed E-state index contributed by atoms with van der Waals surface area (Å²) < 4.78 is 7.22. The van der Waals surface area contributed by atoms with Crippen LogP contribution in [0.3, 0.4) is 0 Å². The van der Waals surface area contributed by atoms with E-state index in [1.165, 1.54) is 5.56 Å². The molecular formula is C24H31N7O2. The third kappa shape index (κ3) is 4.01. The zero-order valence-electron chi connectivity index (χ0n) is 19.5. The average molecular weight is 450 g/mol. The highest BCUT2D eigenvalue weighted by Gasteiger charge is 2.31. The van der Waals surface area contributed by atoms with Gasteiger partial charge in [0.15, 0.2) is 5.65 Å². The number of ether oxygens (including phenoxy) is 1. The van der Waals surface area contributed by atoms with E-state index in [0.29, 0.717) is 56.1 Å². The second-order valence-electron chi connectivity index (χ2n) is 9.17. The Kier molecular flexibility index (Phi) is 5.65. The highest BCUT2D eigenvalue weighted by molar-refractivity contribution is 5.99. The molecule has 0 bridgehead atoms. The van der Waals surface area contributed by atoms with Crippen molar-refractivity contribution in [2.75, 3.05) is 43.4 Å². The Bertz CT molecular complexity index is 1160. The number of hydrogen-bond acceptors (Lipinski definition) is 7. The average Bonchev–Trinajstić information content (AvgIpc) is 3.47. The molecule has 9 nitrogen and oxygen atoms in total. The van der Waals surface area contributed by atoms with Crippen LogP contribution in [0.4, 0.5) is 11.8 Å². The van der Waals surface area contributed by atoms with Crippen LogP contribution in [0.5, 0.6) is 0 Å². The first-order chi connectivity index (χ1) is 15.9. The van der Waals surface area contributed by atoms with Gasteiger partial charge in [-0.25, -0.2) is 4.98 Å². The lowest BCUT2D eigenvalue weighted by atomic mass is 10.00. The first-order valence-electron chi connectivity index (χ1n) is 11.7. The van der Waals surface area contributed by atoms with E-state index < -0.39 is 0 Å². The summed E-state index contributed by atoms with van der Waals surface area (Å²) in [6.45, 7) is 7.62. The van der Waals surface area contributed by atoms with Crippen molar-refractivity contribution >= 4 is 28.7 Å². The maximum Gasteiger partial charge on any atom is 0.251 e. The van der Waals surface area contributed by atoms with Crippen molar-refractivity contribution < 1.29 is 9.53 Å². The molecule has 33 heavy (non-hydrogen) atoms. The number of benzene rings is 1. The molecule has 2 aliphatic heterocycles. The predicted octanol–water partition coefficient (Wildman–Crippen LogP) is 2.56. The van der Waals surface area contributed by atoms with Gasteiger partial charge in [0.1, 0.15) is 11.9 Å². The van der Waals surface area contributed by atoms with E-state index in [1.807, 2.05) is 11.9 Å². The van der Waals surface area contributed by atoms with Crippen LogP contribution in [0.1, 0.15) is 38.2 Å². The molecule has 1 amide bonds. The number of nitrogens with two attached hydrogens (primary N) is 1. The molecule has 1 atom stereocenters. The molecule has 0 radical (unpaired) electrons. The van der Waals surface area contributed by atoms with Crippen LogP contribution >= 0.6 is 0 Å². The normalized spacial score (nSPS) is 19.1. The maximum absolute atomic E-state index is 12.7. The summed E-state index contributed by atoms with van der Waals surface area (Å²) in [5.74, 6) is 1.73. The maximum atomic E-state index is 12.7. The Morgan fingerprint density at radius 2 is 1.85 bits per heavy atom. The van der Waals surface area contributed by atoms with Gasteiger partial charge in [0.25, 0.3) is 5.91 Å². The summed E-state index contributed by atoms with van der Waals surface area (Å²) in [6, 6.07) is 8.45. The van der Waals surface area contributed by atoms with E-state index in [2.05, 4.69) is 48.1 Å². The van der Waals surface area contributed by atoms with Crippen LogP contribution in [0, 0.1) is 0 Å². The van der Waals surface area contributed by atoms with Gasteiger partial charge in [0.05, 0.1) is 11.1 Å². The summed E-state index contributed by atoms with van der Waals surface area (Å²) in [6.07, 6.45) is 1.50. The zero-order valence-corrected chi connectivity index (χ0v) is 19.5. The summed E-state index contributed by atoms with van der Waals surface area (Å²) in [4.78, 5) is 26.4. The summed E-state index contributed by atoms with van der Waals surface area (Å²) in [7, 11) is 1.82. The van der Waals surface area contributed by atoms with Crippen LogP contribution in [0.25, 0.3) is 22.3 Å². The molecule has 4 heterocycles. The van der Waals surface area contributed by atoms with Gasteiger partial charge in [0, 0.05) is 45.4 Å². The van der Waals surface area contributed by atoms with Crippen LogP contribution in [-0.4, -0.2) is 69.4 Å². The Morgan fingerprint density at radius 3 is 2.48 bits per heavy atom. The molecule has 0 aliphatic carbocycles. The van der Waals surface area contributed by atoms with Gasteiger partial charge in [-0.2, -0.15) is 10.1 Å². The number of amides is 1. The number of piperazine rings is 1. The molecule has 2 fully saturated rings. The van der Waals surface area contributed by atoms with Crippen molar-refractivity contribution in [2.24, 2.45) is 7.05 Å². The molecule has 5 rings (SSSR count). The Morgan fingerprint density at radius 1 is 1.12 bits per heavy atom. The van der Waals surface area contributed by atoms with Crippen molar-refractivity contribution in [3.63, 3.8) is 0 Å². The Labute approximate surface area is 193 Å². The van der Waals surface area contributed by atoms with E-state index in [1.54, 1.807) is 4.68 Å². The Balaban J connectivity index is 1.44. The van der Waals surface area contributed by atoms with Crippen LogP contribution in [-0.2, 0) is 16.6 Å². The van der Waals surface area contributed by atoms with Crippen LogP contribution in [0.2, 0.25) is 0 Å². The molecule has 1 aromatic carbocycles. The number of carbonyl (C=O) groups excluding carboxylic acids is 1. The lowest BCUT2D eigenvalue weighted by molar-refractivity contribution is -0.141. The number of fused-ring (bicyclic) bond motifs is 1. The van der Waals surface area contributed by atoms with Gasteiger partial charge in [-0.1, -0.05) is 38.1 Å². The van der Waals surface area contributed by atoms with Gasteiger partial charge < -0.3 is 20.3 Å². The fraction of sp³-hybridized carbons (Fsp3) is 0.500. The molecule has 2 saturated heterocycles. The fourth-order valence-corrected chi connectivity index (χ4v) is 4.58. The van der Waals surface area contributed by atoms with Crippen molar-refractivity contribution in [2.45, 2.75) is 38.7 Å². The molecule has 174 valence electrons. The number of aryl methyl sites for hydroxylation is 1. The monoisotopic (exact) mass is 449 g/mol. The smallest absolute Gasteiger partial charge is 0.251 e. The molecule has 3 aromatic rings. The summed E-state index contributed by atoms with van der Waals surface area (Å²) in [5.41, 5.74) is 9.97. The minimum absolute atomic E-state index is 0.104. The van der Waals surface area contributed by atoms with Crippen LogP contribution < -0.4 is 10.6 Å². The van der Waals surface area contributed by atoms with E-state index in [0.717, 1.165) is 29.5 Å². The molecule has 0 spiro atoms. The largest absolute Gasteiger partial charge is 0.383 e. The number of carbonyl (C=O) groups is 1. The minimum Gasteiger partial charge on any atom is -0.383 e. The van der Waals surface area contributed by atoms with Gasteiger partial charge in [-0.05, 0) is 24.3 Å². The second kappa shape index (κ2) is 8.62. The number of anilines is 2. The third-order valence-electron chi connectivity index (χ3n) is 6.66. The second-order valence-corrected chi connectivity index (χ2v) is 9.17. The first-order valence-corrected chi connectivity index (χ1v) is 11.7. The summed E-state index contributed by atoms with van der Waals surface area (Å²) in [5, 5.41) is 5.30. The van der Waals surface area contributed by atoms with E-state index in [9.17, 15) is 4.79 Å². The third-order valence-corrected chi connectivity index (χ3v) is 6.66. The molecule has 2 aromatic heterocycles. The lowest BCUT2D eigenvalue weighted by Crippen LogP contribution is -2.51. The van der Waals surface area contributed by atoms with Crippen LogP contribution in [0.15, 0.2) is 24.3 Å². The highest BCUT2D eigenvalue weighted by atomic mass is 16.5. The number of aromatic nitrogens is 4. The van der Waals surface area contributed by atoms with Crippen molar-refractivity contribution in [1.82, 2.24) is 24.6 Å². The van der Waals surface area contributed by atoms with Gasteiger partial charge in [0.2, 0.25) is 5.95 Å². The van der Waals surface area contributed by atoms with Gasteiger partial charge in [-0.15, -0.1) is 0 Å². The lowest BCUT2D eigenvalue weighted by Gasteiger charge is -2.35.